The van der Waals surface area contributed by atoms with Crippen molar-refractivity contribution in [3.8, 4) is 5.75 Å². The van der Waals surface area contributed by atoms with Crippen molar-refractivity contribution < 1.29 is 9.53 Å². The first kappa shape index (κ1) is 18.7. The summed E-state index contributed by atoms with van der Waals surface area (Å²) in [6.07, 6.45) is 0.536. The maximum absolute atomic E-state index is 12.2. The summed E-state index contributed by atoms with van der Waals surface area (Å²) in [6.45, 7) is 4.38. The lowest BCUT2D eigenvalue weighted by Gasteiger charge is -2.23. The molecule has 0 unspecified atom stereocenters. The maximum Gasteiger partial charge on any atom is 0.415 e. The molecule has 138 valence electrons. The van der Waals surface area contributed by atoms with Crippen molar-refractivity contribution in [1.29, 1.82) is 0 Å². The van der Waals surface area contributed by atoms with Gasteiger partial charge in [-0.1, -0.05) is 41.9 Å². The fraction of sp³-hybridized carbons (Fsp3) is 0.381. The van der Waals surface area contributed by atoms with Crippen LogP contribution in [0.25, 0.3) is 0 Å². The Balaban J connectivity index is 2.02. The van der Waals surface area contributed by atoms with Gasteiger partial charge in [0.05, 0.1) is 5.02 Å². The number of fused-ring (bicyclic) bond motifs is 1. The molecule has 0 saturated carbocycles. The van der Waals surface area contributed by atoms with Crippen molar-refractivity contribution in [2.45, 2.75) is 19.3 Å². The van der Waals surface area contributed by atoms with E-state index in [1.54, 1.807) is 7.05 Å². The van der Waals surface area contributed by atoms with E-state index in [4.69, 9.17) is 16.3 Å². The van der Waals surface area contributed by atoms with Gasteiger partial charge in [0.1, 0.15) is 0 Å². The Morgan fingerprint density at radius 3 is 2.73 bits per heavy atom. The van der Waals surface area contributed by atoms with E-state index < -0.39 is 6.09 Å². The van der Waals surface area contributed by atoms with E-state index in [1.165, 1.54) is 21.6 Å². The lowest BCUT2D eigenvalue weighted by Crippen LogP contribution is -2.29. The van der Waals surface area contributed by atoms with Crippen LogP contribution in [0.15, 0.2) is 42.5 Å². The number of halogens is 1. The van der Waals surface area contributed by atoms with Crippen molar-refractivity contribution in [2.75, 3.05) is 33.7 Å². The van der Waals surface area contributed by atoms with Crippen LogP contribution in [0.3, 0.4) is 0 Å². The number of nitrogens with zero attached hydrogens (tertiary/aromatic N) is 2. The van der Waals surface area contributed by atoms with Crippen LogP contribution >= 0.6 is 11.6 Å². The van der Waals surface area contributed by atoms with E-state index in [-0.39, 0.29) is 5.92 Å². The molecule has 1 aliphatic heterocycles. The second-order valence-electron chi connectivity index (χ2n) is 6.84. The molecule has 2 aromatic rings. The highest BCUT2D eigenvalue weighted by Gasteiger charge is 2.25. The van der Waals surface area contributed by atoms with Gasteiger partial charge in [-0.3, -0.25) is 0 Å². The zero-order chi connectivity index (χ0) is 18.7. The van der Waals surface area contributed by atoms with E-state index in [1.807, 2.05) is 25.1 Å². The Hall–Kier alpha value is -2.04. The summed E-state index contributed by atoms with van der Waals surface area (Å²) in [5, 5.41) is 0.484. The van der Waals surface area contributed by atoms with Crippen LogP contribution in [0.1, 0.15) is 29.5 Å². The smallest absolute Gasteiger partial charge is 0.409 e. The molecule has 5 heteroatoms. The van der Waals surface area contributed by atoms with Gasteiger partial charge in [0, 0.05) is 32.6 Å². The molecular weight excluding hydrogens is 348 g/mol. The molecule has 0 bridgehead atoms. The van der Waals surface area contributed by atoms with Crippen molar-refractivity contribution in [1.82, 2.24) is 9.80 Å². The number of benzene rings is 2. The molecule has 4 nitrogen and oxygen atoms in total. The average molecular weight is 373 g/mol. The first-order valence-electron chi connectivity index (χ1n) is 8.98. The van der Waals surface area contributed by atoms with Crippen molar-refractivity contribution in [3.05, 3.63) is 64.2 Å². The summed E-state index contributed by atoms with van der Waals surface area (Å²) < 4.78 is 5.56. The molecule has 2 aromatic carbocycles. The van der Waals surface area contributed by atoms with Crippen LogP contribution < -0.4 is 4.74 Å². The van der Waals surface area contributed by atoms with Gasteiger partial charge in [-0.2, -0.15) is 0 Å². The molecule has 0 N–H and O–H groups in total. The Labute approximate surface area is 160 Å². The minimum Gasteiger partial charge on any atom is -0.409 e. The minimum absolute atomic E-state index is 0.220. The van der Waals surface area contributed by atoms with Crippen molar-refractivity contribution in [3.63, 3.8) is 0 Å². The molecular formula is C21H25ClN2O2. The molecule has 0 spiro atoms. The summed E-state index contributed by atoms with van der Waals surface area (Å²) in [5.41, 5.74) is 3.66. The second-order valence-corrected chi connectivity index (χ2v) is 7.25. The first-order valence-corrected chi connectivity index (χ1v) is 9.36. The largest absolute Gasteiger partial charge is 0.415 e. The first-order chi connectivity index (χ1) is 12.5. The van der Waals surface area contributed by atoms with Gasteiger partial charge >= 0.3 is 6.09 Å². The number of carbonyl (C=O) groups is 1. The molecule has 0 aromatic heterocycles. The topological polar surface area (TPSA) is 32.8 Å². The highest BCUT2D eigenvalue weighted by molar-refractivity contribution is 6.32. The summed E-state index contributed by atoms with van der Waals surface area (Å²) in [6, 6.07) is 14.4. The standard InChI is InChI=1S/C21H25ClN2O2/c1-4-24(3)21(25)26-20-13-17-16(12-19(20)22)10-11-23(2)14-18(17)15-8-6-5-7-9-15/h5-9,12-13,18H,4,10-11,14H2,1-3H3/t18-/m0/s1. The van der Waals surface area contributed by atoms with Gasteiger partial charge in [0.25, 0.3) is 0 Å². The molecule has 0 aliphatic carbocycles. The van der Waals surface area contributed by atoms with Crippen LogP contribution in [0, 0.1) is 0 Å². The normalized spacial score (nSPS) is 17.3. The van der Waals surface area contributed by atoms with Gasteiger partial charge in [0.2, 0.25) is 0 Å². The lowest BCUT2D eigenvalue weighted by atomic mass is 9.88. The number of likely N-dealkylation sites (N-methyl/N-ethyl adjacent to an activating group) is 1. The number of hydrogen-bond acceptors (Lipinski definition) is 3. The number of rotatable bonds is 3. The summed E-state index contributed by atoms with van der Waals surface area (Å²) in [5.74, 6) is 0.651. The number of carbonyl (C=O) groups excluding carboxylic acids is 1. The monoisotopic (exact) mass is 372 g/mol. The van der Waals surface area contributed by atoms with Gasteiger partial charge < -0.3 is 14.5 Å². The quantitative estimate of drug-likeness (QED) is 0.800. The van der Waals surface area contributed by atoms with Gasteiger partial charge in [-0.15, -0.1) is 0 Å². The van der Waals surface area contributed by atoms with Crippen LogP contribution in [-0.2, 0) is 6.42 Å². The maximum atomic E-state index is 12.2. The third-order valence-electron chi connectivity index (χ3n) is 5.01. The Morgan fingerprint density at radius 2 is 2.04 bits per heavy atom. The molecule has 0 saturated heterocycles. The molecule has 1 amide bonds. The predicted octanol–water partition coefficient (Wildman–Crippen LogP) is 4.41. The lowest BCUT2D eigenvalue weighted by molar-refractivity contribution is 0.165. The Bertz CT molecular complexity index is 779. The number of hydrogen-bond donors (Lipinski definition) is 0. The van der Waals surface area contributed by atoms with Gasteiger partial charge in [0.15, 0.2) is 5.75 Å². The van der Waals surface area contributed by atoms with Crippen LogP contribution in [0.5, 0.6) is 5.75 Å². The molecule has 26 heavy (non-hydrogen) atoms. The SMILES string of the molecule is CCN(C)C(=O)Oc1cc2c(cc1Cl)CCN(C)C[C@H]2c1ccccc1. The molecule has 0 radical (unpaired) electrons. The zero-order valence-corrected chi connectivity index (χ0v) is 16.3. The van der Waals surface area contributed by atoms with E-state index >= 15 is 0 Å². The Kier molecular flexibility index (Phi) is 5.84. The third-order valence-corrected chi connectivity index (χ3v) is 5.31. The molecule has 1 heterocycles. The van der Waals surface area contributed by atoms with E-state index in [0.29, 0.717) is 17.3 Å². The number of amides is 1. The summed E-state index contributed by atoms with van der Waals surface area (Å²) >= 11 is 6.43. The predicted molar refractivity (Wildman–Crippen MR) is 105 cm³/mol. The highest BCUT2D eigenvalue weighted by atomic mass is 35.5. The van der Waals surface area contributed by atoms with E-state index in [9.17, 15) is 4.79 Å². The third kappa shape index (κ3) is 4.02. The number of ether oxygens (including phenoxy) is 1. The fourth-order valence-corrected chi connectivity index (χ4v) is 3.54. The van der Waals surface area contributed by atoms with Crippen molar-refractivity contribution in [2.24, 2.45) is 0 Å². The Morgan fingerprint density at radius 1 is 1.31 bits per heavy atom. The molecule has 1 aliphatic rings. The summed E-state index contributed by atoms with van der Waals surface area (Å²) in [7, 11) is 3.85. The van der Waals surface area contributed by atoms with Crippen molar-refractivity contribution >= 4 is 17.7 Å². The van der Waals surface area contributed by atoms with Crippen LogP contribution in [-0.4, -0.2) is 49.6 Å². The van der Waals surface area contributed by atoms with Crippen LogP contribution in [0.2, 0.25) is 5.02 Å². The van der Waals surface area contributed by atoms with Gasteiger partial charge in [-0.25, -0.2) is 4.79 Å². The summed E-state index contributed by atoms with van der Waals surface area (Å²) in [4.78, 5) is 16.0. The zero-order valence-electron chi connectivity index (χ0n) is 15.5. The van der Waals surface area contributed by atoms with Crippen LogP contribution in [0.4, 0.5) is 4.79 Å². The fourth-order valence-electron chi connectivity index (χ4n) is 3.31. The second kappa shape index (κ2) is 8.11. The molecule has 0 fully saturated rings. The minimum atomic E-state index is -0.392. The average Bonchev–Trinajstić information content (AvgIpc) is 2.81. The van der Waals surface area contributed by atoms with E-state index in [0.717, 1.165) is 19.5 Å². The van der Waals surface area contributed by atoms with E-state index in [2.05, 4.69) is 36.2 Å². The highest BCUT2D eigenvalue weighted by Crippen LogP contribution is 2.37. The molecule has 3 rings (SSSR count). The van der Waals surface area contributed by atoms with Gasteiger partial charge in [-0.05, 0) is 49.2 Å². The molecule has 1 atom stereocenters.